The quantitative estimate of drug-likeness (QED) is 0.667. The summed E-state index contributed by atoms with van der Waals surface area (Å²) in [4.78, 5) is 29.8. The van der Waals surface area contributed by atoms with Crippen LogP contribution in [-0.4, -0.2) is 26.2 Å². The van der Waals surface area contributed by atoms with Crippen LogP contribution in [0.25, 0.3) is 22.3 Å². The molecule has 0 aliphatic rings. The van der Waals surface area contributed by atoms with Crippen molar-refractivity contribution in [1.82, 2.24) is 9.97 Å². The van der Waals surface area contributed by atoms with Crippen molar-refractivity contribution in [2.45, 2.75) is 0 Å². The number of aromatic carboxylic acids is 1. The Hall–Kier alpha value is -3.15. The molecule has 0 unspecified atom stereocenters. The number of nitrogens with one attached hydrogen (secondary N) is 1. The highest BCUT2D eigenvalue weighted by molar-refractivity contribution is 5.91. The first kappa shape index (κ1) is 12.9. The maximum atomic E-state index is 12.0. The van der Waals surface area contributed by atoms with Crippen LogP contribution in [0, 0.1) is 0 Å². The van der Waals surface area contributed by atoms with Crippen LogP contribution < -0.4 is 5.56 Å². The van der Waals surface area contributed by atoms with E-state index in [-0.39, 0.29) is 22.7 Å². The molecule has 0 aliphatic heterocycles. The van der Waals surface area contributed by atoms with Crippen LogP contribution in [0.5, 0.6) is 5.75 Å². The van der Waals surface area contributed by atoms with Gasteiger partial charge in [-0.05, 0) is 24.3 Å². The minimum absolute atomic E-state index is 0.207. The second-order valence-electron chi connectivity index (χ2n) is 4.47. The minimum Gasteiger partial charge on any atom is -0.507 e. The molecule has 104 valence electrons. The topological polar surface area (TPSA) is 103 Å². The van der Waals surface area contributed by atoms with Crippen LogP contribution in [0.2, 0.25) is 0 Å². The Balaban J connectivity index is 2.19. The van der Waals surface area contributed by atoms with Gasteiger partial charge in [-0.15, -0.1) is 0 Å². The third-order valence-electron chi connectivity index (χ3n) is 3.11. The Labute approximate surface area is 118 Å². The van der Waals surface area contributed by atoms with E-state index in [9.17, 15) is 14.7 Å². The Morgan fingerprint density at radius 3 is 2.62 bits per heavy atom. The summed E-state index contributed by atoms with van der Waals surface area (Å²) in [6.07, 6.45) is 0. The molecule has 0 aliphatic carbocycles. The van der Waals surface area contributed by atoms with E-state index in [1.807, 2.05) is 0 Å². The zero-order chi connectivity index (χ0) is 15.0. The number of carboxylic acid groups (broad SMARTS) is 1. The largest absolute Gasteiger partial charge is 0.507 e. The molecule has 0 radical (unpaired) electrons. The van der Waals surface area contributed by atoms with E-state index in [0.717, 1.165) is 0 Å². The number of carbonyl (C=O) groups is 1. The van der Waals surface area contributed by atoms with Crippen molar-refractivity contribution in [3.05, 3.63) is 58.4 Å². The van der Waals surface area contributed by atoms with Crippen LogP contribution in [-0.2, 0) is 0 Å². The van der Waals surface area contributed by atoms with Crippen molar-refractivity contribution >= 4 is 16.9 Å². The molecule has 6 nitrogen and oxygen atoms in total. The van der Waals surface area contributed by atoms with Gasteiger partial charge in [0, 0.05) is 5.56 Å². The van der Waals surface area contributed by atoms with Crippen LogP contribution in [0.3, 0.4) is 0 Å². The van der Waals surface area contributed by atoms with Gasteiger partial charge in [-0.1, -0.05) is 18.2 Å². The smallest absolute Gasteiger partial charge is 0.339 e. The highest BCUT2D eigenvalue weighted by Gasteiger charge is 2.12. The van der Waals surface area contributed by atoms with Gasteiger partial charge in [0.1, 0.15) is 17.1 Å². The number of H-pyrrole nitrogens is 1. The van der Waals surface area contributed by atoms with E-state index in [2.05, 4.69) is 9.97 Å². The monoisotopic (exact) mass is 282 g/mol. The minimum atomic E-state index is -1.22. The maximum absolute atomic E-state index is 12.0. The summed E-state index contributed by atoms with van der Waals surface area (Å²) in [5, 5.41) is 19.0. The summed E-state index contributed by atoms with van der Waals surface area (Å²) in [7, 11) is 0. The van der Waals surface area contributed by atoms with Crippen molar-refractivity contribution in [3.63, 3.8) is 0 Å². The normalized spacial score (nSPS) is 10.7. The lowest BCUT2D eigenvalue weighted by Gasteiger charge is -2.05. The third-order valence-corrected chi connectivity index (χ3v) is 3.11. The summed E-state index contributed by atoms with van der Waals surface area (Å²) < 4.78 is 0. The fraction of sp³-hybridized carbons (Fsp3) is 0. The van der Waals surface area contributed by atoms with Crippen LogP contribution >= 0.6 is 0 Å². The van der Waals surface area contributed by atoms with Gasteiger partial charge in [-0.3, -0.25) is 4.79 Å². The van der Waals surface area contributed by atoms with Gasteiger partial charge in [0.05, 0.1) is 10.9 Å². The molecule has 1 heterocycles. The molecule has 0 saturated carbocycles. The molecule has 6 heteroatoms. The number of para-hydroxylation sites is 1. The van der Waals surface area contributed by atoms with Crippen LogP contribution in [0.15, 0.2) is 47.3 Å². The number of nitrogens with zero attached hydrogens (tertiary/aromatic N) is 1. The molecule has 3 N–H and O–H groups in total. The van der Waals surface area contributed by atoms with Gasteiger partial charge in [-0.25, -0.2) is 9.78 Å². The molecule has 0 atom stereocenters. The van der Waals surface area contributed by atoms with Gasteiger partial charge in [-0.2, -0.15) is 0 Å². The predicted molar refractivity (Wildman–Crippen MR) is 76.4 cm³/mol. The molecule has 0 spiro atoms. The second kappa shape index (κ2) is 4.75. The molecule has 3 aromatic rings. The number of phenols is 1. The zero-order valence-corrected chi connectivity index (χ0v) is 10.7. The average molecular weight is 282 g/mol. The van der Waals surface area contributed by atoms with Crippen molar-refractivity contribution in [2.24, 2.45) is 0 Å². The van der Waals surface area contributed by atoms with E-state index in [1.54, 1.807) is 24.3 Å². The summed E-state index contributed by atoms with van der Waals surface area (Å²) in [5.74, 6) is -1.33. The molecule has 0 saturated heterocycles. The van der Waals surface area contributed by atoms with Crippen molar-refractivity contribution in [3.8, 4) is 17.1 Å². The molecule has 0 amide bonds. The van der Waals surface area contributed by atoms with Gasteiger partial charge < -0.3 is 15.2 Å². The molecule has 21 heavy (non-hydrogen) atoms. The van der Waals surface area contributed by atoms with E-state index >= 15 is 0 Å². The molecule has 0 bridgehead atoms. The highest BCUT2D eigenvalue weighted by Crippen LogP contribution is 2.24. The lowest BCUT2D eigenvalue weighted by atomic mass is 10.1. The Bertz CT molecular complexity index is 915. The Morgan fingerprint density at radius 2 is 1.90 bits per heavy atom. The Morgan fingerprint density at radius 1 is 1.14 bits per heavy atom. The van der Waals surface area contributed by atoms with Gasteiger partial charge in [0.15, 0.2) is 0 Å². The number of fused-ring (bicyclic) bond motifs is 1. The number of aromatic nitrogens is 2. The lowest BCUT2D eigenvalue weighted by Crippen LogP contribution is -2.09. The molecular formula is C15H10N2O4. The summed E-state index contributed by atoms with van der Waals surface area (Å²) >= 11 is 0. The standard InChI is InChI=1S/C15H10N2O4/c18-12-7-8(5-6-10(12)15(20)21)13-16-11-4-2-1-3-9(11)14(19)17-13/h1-7,18H,(H,20,21)(H,16,17,19). The Kier molecular flexibility index (Phi) is 2.91. The number of aromatic amines is 1. The molecule has 0 fully saturated rings. The van der Waals surface area contributed by atoms with Gasteiger partial charge in [0.25, 0.3) is 5.56 Å². The first-order chi connectivity index (χ1) is 10.1. The van der Waals surface area contributed by atoms with Gasteiger partial charge in [0.2, 0.25) is 0 Å². The zero-order valence-electron chi connectivity index (χ0n) is 10.7. The van der Waals surface area contributed by atoms with E-state index in [4.69, 9.17) is 5.11 Å². The van der Waals surface area contributed by atoms with Crippen LogP contribution in [0.1, 0.15) is 10.4 Å². The van der Waals surface area contributed by atoms with Crippen molar-refractivity contribution < 1.29 is 15.0 Å². The third kappa shape index (κ3) is 2.23. The summed E-state index contributed by atoms with van der Waals surface area (Å²) in [6.45, 7) is 0. The molecule has 3 rings (SSSR count). The number of benzene rings is 2. The first-order valence-corrected chi connectivity index (χ1v) is 6.12. The van der Waals surface area contributed by atoms with E-state index < -0.39 is 5.97 Å². The fourth-order valence-corrected chi connectivity index (χ4v) is 2.08. The molecular weight excluding hydrogens is 272 g/mol. The SMILES string of the molecule is O=C(O)c1ccc(-c2nc3ccccc3c(=O)[nH]2)cc1O. The van der Waals surface area contributed by atoms with Crippen molar-refractivity contribution in [2.75, 3.05) is 0 Å². The summed E-state index contributed by atoms with van der Waals surface area (Å²) in [6, 6.07) is 10.9. The highest BCUT2D eigenvalue weighted by atomic mass is 16.4. The number of hydrogen-bond acceptors (Lipinski definition) is 4. The van der Waals surface area contributed by atoms with E-state index in [1.165, 1.54) is 18.2 Å². The first-order valence-electron chi connectivity index (χ1n) is 6.12. The molecule has 1 aromatic heterocycles. The second-order valence-corrected chi connectivity index (χ2v) is 4.47. The number of hydrogen-bond donors (Lipinski definition) is 3. The number of rotatable bonds is 2. The van der Waals surface area contributed by atoms with Gasteiger partial charge >= 0.3 is 5.97 Å². The van der Waals surface area contributed by atoms with Crippen molar-refractivity contribution in [1.29, 1.82) is 0 Å². The van der Waals surface area contributed by atoms with Crippen LogP contribution in [0.4, 0.5) is 0 Å². The molecule has 2 aromatic carbocycles. The lowest BCUT2D eigenvalue weighted by molar-refractivity contribution is 0.0694. The van der Waals surface area contributed by atoms with E-state index in [0.29, 0.717) is 16.5 Å². The summed E-state index contributed by atoms with van der Waals surface area (Å²) in [5.41, 5.74) is 0.456. The number of aromatic hydroxyl groups is 1. The maximum Gasteiger partial charge on any atom is 0.339 e. The predicted octanol–water partition coefficient (Wildman–Crippen LogP) is 1.99. The average Bonchev–Trinajstić information content (AvgIpc) is 2.46. The number of carboxylic acids is 1. The fourth-order valence-electron chi connectivity index (χ4n) is 2.08.